The molecule has 0 spiro atoms. The Balaban J connectivity index is 0.00000182. The van der Waals surface area contributed by atoms with Gasteiger partial charge in [0.1, 0.15) is 0 Å². The summed E-state index contributed by atoms with van der Waals surface area (Å²) >= 11 is 0. The first kappa shape index (κ1) is 18.0. The van der Waals surface area contributed by atoms with Crippen LogP contribution in [-0.4, -0.2) is 4.98 Å². The van der Waals surface area contributed by atoms with E-state index in [9.17, 15) is 0 Å². The molecule has 0 aliphatic heterocycles. The number of benzene rings is 2. The fourth-order valence-electron chi connectivity index (χ4n) is 4.23. The van der Waals surface area contributed by atoms with E-state index in [1.807, 2.05) is 18.3 Å². The molecule has 2 aromatic carbocycles. The topological polar surface area (TPSA) is 12.9 Å². The third-order valence-corrected chi connectivity index (χ3v) is 5.49. The van der Waals surface area contributed by atoms with Gasteiger partial charge in [-0.1, -0.05) is 64.1 Å². The number of hydrogen-bond donors (Lipinski definition) is 0. The molecule has 4 rings (SSSR count). The van der Waals surface area contributed by atoms with Crippen molar-refractivity contribution in [3.05, 3.63) is 89.1 Å². The van der Waals surface area contributed by atoms with E-state index in [-0.39, 0.29) is 30.9 Å². The second-order valence-electron chi connectivity index (χ2n) is 7.65. The first-order valence-electron chi connectivity index (χ1n) is 8.51. The Kier molecular flexibility index (Phi) is 4.47. The molecule has 0 saturated heterocycles. The zero-order chi connectivity index (χ0) is 16.9. The summed E-state index contributed by atoms with van der Waals surface area (Å²) in [5, 5.41) is 0. The maximum atomic E-state index is 4.60. The second kappa shape index (κ2) is 6.20. The summed E-state index contributed by atoms with van der Waals surface area (Å²) in [5.41, 5.74) is 7.57. The molecule has 0 atom stereocenters. The maximum Gasteiger partial charge on any atom is 0.0160 e. The minimum absolute atomic E-state index is 0. The third kappa shape index (κ3) is 2.60. The predicted octanol–water partition coefficient (Wildman–Crippen LogP) is 5.51. The van der Waals surface area contributed by atoms with Crippen molar-refractivity contribution < 1.29 is 20.1 Å². The molecule has 0 unspecified atom stereocenters. The van der Waals surface area contributed by atoms with E-state index in [1.54, 1.807) is 0 Å². The van der Waals surface area contributed by atoms with Crippen LogP contribution in [0.2, 0.25) is 0 Å². The van der Waals surface area contributed by atoms with E-state index in [4.69, 9.17) is 0 Å². The summed E-state index contributed by atoms with van der Waals surface area (Å²) in [6, 6.07) is 22.7. The van der Waals surface area contributed by atoms with Gasteiger partial charge in [-0.3, -0.25) is 0 Å². The standard InChI is InChI=1S/C23H22N.Ir/c1-22(2)17-11-5-6-12-18(17)23(3,4)21-16(10-9-13-19(21)22)20-14-7-8-15-24-20;/h5-9,11-15H,1-4H3;/q-1;. The van der Waals surface area contributed by atoms with Gasteiger partial charge in [-0.15, -0.1) is 34.9 Å². The van der Waals surface area contributed by atoms with E-state index in [0.717, 1.165) is 11.3 Å². The molecule has 1 aliphatic carbocycles. The Hall–Kier alpha value is -1.76. The molecule has 1 aliphatic rings. The van der Waals surface area contributed by atoms with Gasteiger partial charge in [0.2, 0.25) is 0 Å². The smallest absolute Gasteiger partial charge is 0.0160 e. The molecule has 3 aromatic rings. The molecule has 25 heavy (non-hydrogen) atoms. The van der Waals surface area contributed by atoms with Crippen molar-refractivity contribution in [1.29, 1.82) is 0 Å². The fraction of sp³-hybridized carbons (Fsp3) is 0.261. The molecule has 0 amide bonds. The summed E-state index contributed by atoms with van der Waals surface area (Å²) in [5.74, 6) is 0. The summed E-state index contributed by atoms with van der Waals surface area (Å²) in [7, 11) is 0. The molecule has 1 nitrogen and oxygen atoms in total. The zero-order valence-electron chi connectivity index (χ0n) is 15.1. The number of hydrogen-bond acceptors (Lipinski definition) is 1. The van der Waals surface area contributed by atoms with E-state index in [2.05, 4.69) is 81.2 Å². The summed E-state index contributed by atoms with van der Waals surface area (Å²) in [6.07, 6.45) is 1.86. The van der Waals surface area contributed by atoms with Crippen LogP contribution in [0.4, 0.5) is 0 Å². The van der Waals surface area contributed by atoms with Crippen LogP contribution in [0.25, 0.3) is 11.3 Å². The minimum atomic E-state index is -0.0773. The molecular formula is C23H22IrN-. The predicted molar refractivity (Wildman–Crippen MR) is 99.2 cm³/mol. The summed E-state index contributed by atoms with van der Waals surface area (Å²) in [6.45, 7) is 9.28. The van der Waals surface area contributed by atoms with Crippen LogP contribution < -0.4 is 0 Å². The van der Waals surface area contributed by atoms with E-state index in [1.165, 1.54) is 22.3 Å². The van der Waals surface area contributed by atoms with Crippen LogP contribution in [-0.2, 0) is 30.9 Å². The van der Waals surface area contributed by atoms with Crippen LogP contribution in [0.15, 0.2) is 60.8 Å². The van der Waals surface area contributed by atoms with Crippen LogP contribution >= 0.6 is 0 Å². The SMILES string of the molecule is CC1(C)c2ccccc2C(C)(C)c2c(-c3ccccn3)[c-]ccc21.[Ir]. The van der Waals surface area contributed by atoms with Crippen molar-refractivity contribution >= 4 is 0 Å². The van der Waals surface area contributed by atoms with Gasteiger partial charge in [0.15, 0.2) is 0 Å². The van der Waals surface area contributed by atoms with Crippen LogP contribution in [0.1, 0.15) is 49.9 Å². The quantitative estimate of drug-likeness (QED) is 0.398. The normalized spacial score (nSPS) is 16.3. The van der Waals surface area contributed by atoms with Gasteiger partial charge in [-0.05, 0) is 33.7 Å². The van der Waals surface area contributed by atoms with Crippen molar-refractivity contribution in [2.24, 2.45) is 0 Å². The summed E-state index contributed by atoms with van der Waals surface area (Å²) < 4.78 is 0. The third-order valence-electron chi connectivity index (χ3n) is 5.49. The molecule has 1 aromatic heterocycles. The molecule has 2 heteroatoms. The Labute approximate surface area is 163 Å². The summed E-state index contributed by atoms with van der Waals surface area (Å²) in [4.78, 5) is 4.60. The van der Waals surface area contributed by atoms with Crippen LogP contribution in [0, 0.1) is 6.07 Å². The van der Waals surface area contributed by atoms with E-state index in [0.29, 0.717) is 0 Å². The molecule has 0 N–H and O–H groups in total. The van der Waals surface area contributed by atoms with Gasteiger partial charge in [-0.25, -0.2) is 0 Å². The monoisotopic (exact) mass is 505 g/mol. The number of nitrogens with zero attached hydrogens (tertiary/aromatic N) is 1. The Morgan fingerprint density at radius 1 is 0.760 bits per heavy atom. The Morgan fingerprint density at radius 2 is 1.40 bits per heavy atom. The van der Waals surface area contributed by atoms with Crippen molar-refractivity contribution in [3.8, 4) is 11.3 Å². The maximum absolute atomic E-state index is 4.60. The Bertz CT molecular complexity index is 910. The molecule has 129 valence electrons. The van der Waals surface area contributed by atoms with Gasteiger partial charge < -0.3 is 4.98 Å². The van der Waals surface area contributed by atoms with Crippen molar-refractivity contribution in [2.75, 3.05) is 0 Å². The molecule has 0 bridgehead atoms. The first-order valence-corrected chi connectivity index (χ1v) is 8.51. The first-order chi connectivity index (χ1) is 11.4. The van der Waals surface area contributed by atoms with Crippen molar-refractivity contribution in [3.63, 3.8) is 0 Å². The van der Waals surface area contributed by atoms with Gasteiger partial charge in [0, 0.05) is 26.3 Å². The fourth-order valence-corrected chi connectivity index (χ4v) is 4.23. The zero-order valence-corrected chi connectivity index (χ0v) is 17.4. The van der Waals surface area contributed by atoms with Crippen molar-refractivity contribution in [1.82, 2.24) is 4.98 Å². The molecule has 1 heterocycles. The van der Waals surface area contributed by atoms with Gasteiger partial charge in [0.05, 0.1) is 0 Å². The van der Waals surface area contributed by atoms with Crippen molar-refractivity contribution in [2.45, 2.75) is 38.5 Å². The number of pyridine rings is 1. The van der Waals surface area contributed by atoms with E-state index >= 15 is 0 Å². The van der Waals surface area contributed by atoms with Gasteiger partial charge in [0.25, 0.3) is 0 Å². The van der Waals surface area contributed by atoms with Gasteiger partial charge >= 0.3 is 0 Å². The van der Waals surface area contributed by atoms with E-state index < -0.39 is 0 Å². The average Bonchev–Trinajstić information content (AvgIpc) is 2.61. The number of rotatable bonds is 1. The van der Waals surface area contributed by atoms with Gasteiger partial charge in [-0.2, -0.15) is 0 Å². The van der Waals surface area contributed by atoms with Crippen LogP contribution in [0.5, 0.6) is 0 Å². The minimum Gasteiger partial charge on any atom is -0.305 e. The molecular weight excluding hydrogens is 482 g/mol. The number of fused-ring (bicyclic) bond motifs is 2. The molecule has 1 radical (unpaired) electrons. The van der Waals surface area contributed by atoms with Crippen LogP contribution in [0.3, 0.4) is 0 Å². The second-order valence-corrected chi connectivity index (χ2v) is 7.65. The number of aromatic nitrogens is 1. The largest absolute Gasteiger partial charge is 0.305 e. The Morgan fingerprint density at radius 3 is 2.04 bits per heavy atom. The molecule has 0 fully saturated rings. The molecule has 0 saturated carbocycles. The average molecular weight is 505 g/mol.